The van der Waals surface area contributed by atoms with Crippen molar-refractivity contribution in [1.29, 1.82) is 0 Å². The molecular formula is C21H26N4O. The van der Waals surface area contributed by atoms with E-state index >= 15 is 0 Å². The molecule has 1 amide bonds. The molecule has 3 rings (SSSR count). The molecule has 0 saturated heterocycles. The Balaban J connectivity index is 1.74. The van der Waals surface area contributed by atoms with Crippen molar-refractivity contribution in [3.8, 4) is 0 Å². The van der Waals surface area contributed by atoms with Gasteiger partial charge in [-0.05, 0) is 63.6 Å². The van der Waals surface area contributed by atoms with Gasteiger partial charge in [-0.15, -0.1) is 0 Å². The minimum Gasteiger partial charge on any atom is -0.372 e. The number of fused-ring (bicyclic) bond motifs is 1. The molecule has 0 aliphatic rings. The summed E-state index contributed by atoms with van der Waals surface area (Å²) in [6, 6.07) is 12.0. The van der Waals surface area contributed by atoms with Crippen LogP contribution in [0.15, 0.2) is 42.6 Å². The summed E-state index contributed by atoms with van der Waals surface area (Å²) in [4.78, 5) is 19.4. The minimum atomic E-state index is -0.0352. The molecule has 1 N–H and O–H groups in total. The predicted molar refractivity (Wildman–Crippen MR) is 107 cm³/mol. The van der Waals surface area contributed by atoms with Gasteiger partial charge in [-0.2, -0.15) is 0 Å². The zero-order valence-corrected chi connectivity index (χ0v) is 15.9. The van der Waals surface area contributed by atoms with Crippen LogP contribution in [0.4, 0.5) is 11.4 Å². The number of imidazole rings is 1. The van der Waals surface area contributed by atoms with E-state index in [4.69, 9.17) is 0 Å². The third-order valence-electron chi connectivity index (χ3n) is 4.75. The van der Waals surface area contributed by atoms with E-state index in [1.165, 1.54) is 5.69 Å². The summed E-state index contributed by atoms with van der Waals surface area (Å²) in [6.07, 6.45) is 2.26. The lowest BCUT2D eigenvalue weighted by Crippen LogP contribution is -2.21. The highest BCUT2D eigenvalue weighted by molar-refractivity contribution is 5.92. The molecule has 0 atom stereocenters. The Labute approximate surface area is 154 Å². The first-order valence-corrected chi connectivity index (χ1v) is 9.11. The quantitative estimate of drug-likeness (QED) is 0.731. The number of rotatable bonds is 6. The largest absolute Gasteiger partial charge is 0.372 e. The summed E-state index contributed by atoms with van der Waals surface area (Å²) >= 11 is 0. The zero-order valence-electron chi connectivity index (χ0n) is 15.9. The third-order valence-corrected chi connectivity index (χ3v) is 4.75. The first kappa shape index (κ1) is 18.0. The molecule has 1 aromatic carbocycles. The number of nitrogens with one attached hydrogen (secondary N) is 1. The van der Waals surface area contributed by atoms with Gasteiger partial charge in [0.25, 0.3) is 0 Å². The van der Waals surface area contributed by atoms with Crippen molar-refractivity contribution in [3.63, 3.8) is 0 Å². The summed E-state index contributed by atoms with van der Waals surface area (Å²) in [5, 5.41) is 2.99. The zero-order chi connectivity index (χ0) is 18.7. The maximum atomic E-state index is 12.5. The smallest absolute Gasteiger partial charge is 0.230 e. The van der Waals surface area contributed by atoms with E-state index in [-0.39, 0.29) is 5.91 Å². The van der Waals surface area contributed by atoms with Gasteiger partial charge >= 0.3 is 0 Å². The molecule has 0 radical (unpaired) electrons. The highest BCUT2D eigenvalue weighted by Crippen LogP contribution is 2.19. The molecule has 0 fully saturated rings. The number of pyridine rings is 1. The van der Waals surface area contributed by atoms with Crippen LogP contribution in [0.5, 0.6) is 0 Å². The molecule has 136 valence electrons. The molecule has 0 spiro atoms. The van der Waals surface area contributed by atoms with Gasteiger partial charge < -0.3 is 14.6 Å². The van der Waals surface area contributed by atoms with E-state index in [2.05, 4.69) is 29.0 Å². The van der Waals surface area contributed by atoms with Crippen molar-refractivity contribution in [1.82, 2.24) is 9.38 Å². The Hall–Kier alpha value is -2.82. The standard InChI is InChI=1S/C21H26N4O/c1-5-24(6-2)18-11-9-17(10-12-18)23-20(26)14-19-16(4)22-21-15(3)8-7-13-25(19)21/h7-13H,5-6,14H2,1-4H3,(H,23,26). The number of carbonyl (C=O) groups is 1. The molecule has 3 aromatic rings. The number of anilines is 2. The molecule has 5 heteroatoms. The lowest BCUT2D eigenvalue weighted by atomic mass is 10.2. The van der Waals surface area contributed by atoms with Gasteiger partial charge in [0.2, 0.25) is 5.91 Å². The lowest BCUT2D eigenvalue weighted by molar-refractivity contribution is -0.115. The fraction of sp³-hybridized carbons (Fsp3) is 0.333. The van der Waals surface area contributed by atoms with E-state index in [0.29, 0.717) is 6.42 Å². The van der Waals surface area contributed by atoms with Gasteiger partial charge in [0.1, 0.15) is 5.65 Å². The summed E-state index contributed by atoms with van der Waals surface area (Å²) in [6.45, 7) is 10.2. The van der Waals surface area contributed by atoms with Gasteiger partial charge in [-0.25, -0.2) is 4.98 Å². The van der Waals surface area contributed by atoms with E-state index < -0.39 is 0 Å². The second kappa shape index (κ2) is 7.60. The SMILES string of the molecule is CCN(CC)c1ccc(NC(=O)Cc2c(C)nc3c(C)cccn23)cc1. The summed E-state index contributed by atoms with van der Waals surface area (Å²) in [5.74, 6) is -0.0352. The van der Waals surface area contributed by atoms with Crippen molar-refractivity contribution in [2.24, 2.45) is 0 Å². The van der Waals surface area contributed by atoms with Crippen molar-refractivity contribution < 1.29 is 4.79 Å². The van der Waals surface area contributed by atoms with E-state index in [1.54, 1.807) is 0 Å². The number of carbonyl (C=O) groups excluding carboxylic acids is 1. The van der Waals surface area contributed by atoms with Crippen LogP contribution in [-0.4, -0.2) is 28.4 Å². The molecule has 2 heterocycles. The number of hydrogen-bond donors (Lipinski definition) is 1. The molecule has 0 aliphatic heterocycles. The molecule has 0 bridgehead atoms. The Kier molecular flexibility index (Phi) is 5.26. The number of amides is 1. The van der Waals surface area contributed by atoms with Gasteiger partial charge in [0.05, 0.1) is 17.8 Å². The van der Waals surface area contributed by atoms with Crippen LogP contribution in [0.1, 0.15) is 30.8 Å². The van der Waals surface area contributed by atoms with E-state index in [1.807, 2.05) is 60.8 Å². The molecule has 5 nitrogen and oxygen atoms in total. The van der Waals surface area contributed by atoms with Crippen LogP contribution in [0, 0.1) is 13.8 Å². The average molecular weight is 350 g/mol. The Morgan fingerprint density at radius 1 is 1.12 bits per heavy atom. The van der Waals surface area contributed by atoms with Crippen molar-refractivity contribution >= 4 is 22.9 Å². The van der Waals surface area contributed by atoms with Crippen LogP contribution in [0.25, 0.3) is 5.65 Å². The van der Waals surface area contributed by atoms with Gasteiger partial charge in [0, 0.05) is 30.7 Å². The topological polar surface area (TPSA) is 49.6 Å². The lowest BCUT2D eigenvalue weighted by Gasteiger charge is -2.21. The van der Waals surface area contributed by atoms with Crippen molar-refractivity contribution in [3.05, 3.63) is 59.5 Å². The van der Waals surface area contributed by atoms with E-state index in [0.717, 1.165) is 41.4 Å². The highest BCUT2D eigenvalue weighted by atomic mass is 16.1. The van der Waals surface area contributed by atoms with Crippen LogP contribution < -0.4 is 10.2 Å². The van der Waals surface area contributed by atoms with Gasteiger partial charge in [0.15, 0.2) is 0 Å². The molecule has 2 aromatic heterocycles. The molecular weight excluding hydrogens is 324 g/mol. The second-order valence-corrected chi connectivity index (χ2v) is 6.47. The number of benzene rings is 1. The Bertz CT molecular complexity index is 908. The Morgan fingerprint density at radius 2 is 1.81 bits per heavy atom. The summed E-state index contributed by atoms with van der Waals surface area (Å²) in [7, 11) is 0. The number of nitrogens with zero attached hydrogens (tertiary/aromatic N) is 3. The van der Waals surface area contributed by atoms with Crippen LogP contribution in [0.3, 0.4) is 0 Å². The first-order chi connectivity index (χ1) is 12.5. The minimum absolute atomic E-state index is 0.0352. The van der Waals surface area contributed by atoms with Crippen LogP contribution in [-0.2, 0) is 11.2 Å². The van der Waals surface area contributed by atoms with Crippen LogP contribution >= 0.6 is 0 Å². The highest BCUT2D eigenvalue weighted by Gasteiger charge is 2.14. The maximum absolute atomic E-state index is 12.5. The maximum Gasteiger partial charge on any atom is 0.230 e. The molecule has 26 heavy (non-hydrogen) atoms. The van der Waals surface area contributed by atoms with Gasteiger partial charge in [-0.1, -0.05) is 6.07 Å². The summed E-state index contributed by atoms with van der Waals surface area (Å²) < 4.78 is 2.01. The second-order valence-electron chi connectivity index (χ2n) is 6.47. The molecule has 0 unspecified atom stereocenters. The monoisotopic (exact) mass is 350 g/mol. The fourth-order valence-corrected chi connectivity index (χ4v) is 3.28. The molecule has 0 saturated carbocycles. The number of hydrogen-bond acceptors (Lipinski definition) is 3. The summed E-state index contributed by atoms with van der Waals surface area (Å²) in [5.41, 5.74) is 5.83. The number of aromatic nitrogens is 2. The normalized spacial score (nSPS) is 10.9. The predicted octanol–water partition coefficient (Wildman–Crippen LogP) is 3.98. The Morgan fingerprint density at radius 3 is 2.46 bits per heavy atom. The first-order valence-electron chi connectivity index (χ1n) is 9.11. The number of aryl methyl sites for hydroxylation is 2. The average Bonchev–Trinajstić information content (AvgIpc) is 2.95. The van der Waals surface area contributed by atoms with Gasteiger partial charge in [-0.3, -0.25) is 4.79 Å². The van der Waals surface area contributed by atoms with E-state index in [9.17, 15) is 4.79 Å². The van der Waals surface area contributed by atoms with Crippen LogP contribution in [0.2, 0.25) is 0 Å². The fourth-order valence-electron chi connectivity index (χ4n) is 3.28. The molecule has 0 aliphatic carbocycles. The van der Waals surface area contributed by atoms with Crippen molar-refractivity contribution in [2.45, 2.75) is 34.1 Å². The third kappa shape index (κ3) is 3.57. The van der Waals surface area contributed by atoms with Crippen molar-refractivity contribution in [2.75, 3.05) is 23.3 Å².